The molecular weight excluding hydrogens is 236 g/mol. The average Bonchev–Trinajstić information content (AvgIpc) is 2.27. The maximum absolute atomic E-state index is 10.5. The molecule has 4 heteroatoms. The minimum atomic E-state index is -0.239. The summed E-state index contributed by atoms with van der Waals surface area (Å²) in [6, 6.07) is 8.24. The second kappa shape index (κ2) is 7.30. The number of rotatable bonds is 7. The lowest BCUT2D eigenvalue weighted by Gasteiger charge is -2.13. The predicted molar refractivity (Wildman–Crippen MR) is 71.0 cm³/mol. The molecule has 0 bridgehead atoms. The van der Waals surface area contributed by atoms with E-state index < -0.39 is 0 Å². The van der Waals surface area contributed by atoms with E-state index in [0.29, 0.717) is 12.5 Å². The Morgan fingerprint density at radius 1 is 1.41 bits per heavy atom. The van der Waals surface area contributed by atoms with Gasteiger partial charge in [0.15, 0.2) is 0 Å². The first-order chi connectivity index (χ1) is 8.08. The Labute approximate surface area is 107 Å². The molecule has 0 aliphatic carbocycles. The van der Waals surface area contributed by atoms with E-state index in [1.807, 2.05) is 24.3 Å². The number of amides is 1. The molecule has 3 N–H and O–H groups in total. The number of nitrogens with one attached hydrogen (secondary N) is 1. The topological polar surface area (TPSA) is 55.1 Å². The van der Waals surface area contributed by atoms with Crippen LogP contribution in [-0.2, 0) is 11.2 Å². The fourth-order valence-corrected chi connectivity index (χ4v) is 1.78. The van der Waals surface area contributed by atoms with Crippen LogP contribution in [0, 0.1) is 0 Å². The van der Waals surface area contributed by atoms with Gasteiger partial charge in [0.05, 0.1) is 0 Å². The van der Waals surface area contributed by atoms with Crippen LogP contribution in [-0.4, -0.2) is 18.5 Å². The van der Waals surface area contributed by atoms with E-state index in [9.17, 15) is 4.79 Å². The van der Waals surface area contributed by atoms with Crippen molar-refractivity contribution in [2.24, 2.45) is 5.73 Å². The smallest absolute Gasteiger partial charge is 0.217 e. The van der Waals surface area contributed by atoms with E-state index in [2.05, 4.69) is 12.2 Å². The molecule has 0 aliphatic rings. The molecule has 0 fully saturated rings. The van der Waals surface area contributed by atoms with Crippen molar-refractivity contribution < 1.29 is 4.79 Å². The van der Waals surface area contributed by atoms with E-state index in [4.69, 9.17) is 17.3 Å². The Balaban J connectivity index is 2.22. The molecular formula is C13H19ClN2O. The van der Waals surface area contributed by atoms with Gasteiger partial charge in [0.1, 0.15) is 0 Å². The molecule has 0 aromatic heterocycles. The van der Waals surface area contributed by atoms with Gasteiger partial charge in [-0.05, 0) is 44.0 Å². The number of carbonyl (C=O) groups is 1. The lowest BCUT2D eigenvalue weighted by atomic mass is 10.1. The van der Waals surface area contributed by atoms with Crippen molar-refractivity contribution in [3.05, 3.63) is 34.9 Å². The maximum atomic E-state index is 10.5. The molecule has 3 nitrogen and oxygen atoms in total. The number of halogens is 1. The SMILES string of the molecule is C[C@H](Cc1ccc(Cl)cc1)NCCCC(N)=O. The zero-order valence-corrected chi connectivity index (χ0v) is 10.8. The van der Waals surface area contributed by atoms with Crippen molar-refractivity contribution in [2.45, 2.75) is 32.2 Å². The van der Waals surface area contributed by atoms with Crippen molar-refractivity contribution >= 4 is 17.5 Å². The first-order valence-corrected chi connectivity index (χ1v) is 6.22. The van der Waals surface area contributed by atoms with Gasteiger partial charge < -0.3 is 11.1 Å². The largest absolute Gasteiger partial charge is 0.370 e. The summed E-state index contributed by atoms with van der Waals surface area (Å²) in [5, 5.41) is 4.12. The molecule has 0 spiro atoms. The fraction of sp³-hybridized carbons (Fsp3) is 0.462. The van der Waals surface area contributed by atoms with Gasteiger partial charge in [0.2, 0.25) is 5.91 Å². The number of carbonyl (C=O) groups excluding carboxylic acids is 1. The van der Waals surface area contributed by atoms with Gasteiger partial charge in [-0.3, -0.25) is 4.79 Å². The molecule has 94 valence electrons. The molecule has 1 aromatic carbocycles. The Bertz CT molecular complexity index is 351. The highest BCUT2D eigenvalue weighted by molar-refractivity contribution is 6.30. The maximum Gasteiger partial charge on any atom is 0.217 e. The van der Waals surface area contributed by atoms with E-state index in [1.54, 1.807) is 0 Å². The molecule has 1 amide bonds. The first kappa shape index (κ1) is 14.0. The van der Waals surface area contributed by atoms with Gasteiger partial charge in [-0.25, -0.2) is 0 Å². The van der Waals surface area contributed by atoms with Crippen LogP contribution in [0.25, 0.3) is 0 Å². The van der Waals surface area contributed by atoms with Crippen molar-refractivity contribution in [3.63, 3.8) is 0 Å². The fourth-order valence-electron chi connectivity index (χ4n) is 1.66. The van der Waals surface area contributed by atoms with Crippen LogP contribution < -0.4 is 11.1 Å². The standard InChI is InChI=1S/C13H19ClN2O/c1-10(16-8-2-3-13(15)17)9-11-4-6-12(14)7-5-11/h4-7,10,16H,2-3,8-9H2,1H3,(H2,15,17)/t10-/m1/s1. The summed E-state index contributed by atoms with van der Waals surface area (Å²) in [5.41, 5.74) is 6.32. The highest BCUT2D eigenvalue weighted by atomic mass is 35.5. The Hall–Kier alpha value is -1.06. The molecule has 0 unspecified atom stereocenters. The Morgan fingerprint density at radius 2 is 2.06 bits per heavy atom. The summed E-state index contributed by atoms with van der Waals surface area (Å²) in [7, 11) is 0. The third-order valence-electron chi connectivity index (χ3n) is 2.55. The van der Waals surface area contributed by atoms with E-state index in [0.717, 1.165) is 24.4 Å². The van der Waals surface area contributed by atoms with Crippen molar-refractivity contribution in [3.8, 4) is 0 Å². The number of primary amides is 1. The molecule has 1 rings (SSSR count). The summed E-state index contributed by atoms with van der Waals surface area (Å²) in [6.07, 6.45) is 2.19. The second-order valence-corrected chi connectivity index (χ2v) is 4.69. The van der Waals surface area contributed by atoms with Crippen molar-refractivity contribution in [2.75, 3.05) is 6.54 Å². The molecule has 1 atom stereocenters. The van der Waals surface area contributed by atoms with Crippen LogP contribution in [0.15, 0.2) is 24.3 Å². The van der Waals surface area contributed by atoms with Crippen LogP contribution >= 0.6 is 11.6 Å². The van der Waals surface area contributed by atoms with E-state index in [-0.39, 0.29) is 5.91 Å². The number of hydrogen-bond acceptors (Lipinski definition) is 2. The van der Waals surface area contributed by atoms with Gasteiger partial charge >= 0.3 is 0 Å². The van der Waals surface area contributed by atoms with Gasteiger partial charge in [0.25, 0.3) is 0 Å². The summed E-state index contributed by atoms with van der Waals surface area (Å²) in [4.78, 5) is 10.5. The minimum absolute atomic E-state index is 0.239. The van der Waals surface area contributed by atoms with Crippen LogP contribution in [0.1, 0.15) is 25.3 Å². The Kier molecular flexibility index (Phi) is 6.01. The Morgan fingerprint density at radius 3 is 2.65 bits per heavy atom. The number of nitrogens with two attached hydrogens (primary N) is 1. The third-order valence-corrected chi connectivity index (χ3v) is 2.80. The lowest BCUT2D eigenvalue weighted by molar-refractivity contribution is -0.118. The predicted octanol–water partition coefficient (Wildman–Crippen LogP) is 2.13. The number of benzene rings is 1. The molecule has 0 radical (unpaired) electrons. The lowest BCUT2D eigenvalue weighted by Crippen LogP contribution is -2.29. The molecule has 0 heterocycles. The van der Waals surface area contributed by atoms with Gasteiger partial charge in [0, 0.05) is 17.5 Å². The van der Waals surface area contributed by atoms with Gasteiger partial charge in [-0.15, -0.1) is 0 Å². The molecule has 0 saturated carbocycles. The van der Waals surface area contributed by atoms with E-state index in [1.165, 1.54) is 5.56 Å². The van der Waals surface area contributed by atoms with Crippen LogP contribution in [0.2, 0.25) is 5.02 Å². The van der Waals surface area contributed by atoms with Crippen LogP contribution in [0.5, 0.6) is 0 Å². The van der Waals surface area contributed by atoms with Crippen molar-refractivity contribution in [1.82, 2.24) is 5.32 Å². The summed E-state index contributed by atoms with van der Waals surface area (Å²) in [5.74, 6) is -0.239. The molecule has 0 aliphatic heterocycles. The molecule has 0 saturated heterocycles. The van der Waals surface area contributed by atoms with Gasteiger partial charge in [-0.1, -0.05) is 23.7 Å². The zero-order chi connectivity index (χ0) is 12.7. The first-order valence-electron chi connectivity index (χ1n) is 5.84. The summed E-state index contributed by atoms with van der Waals surface area (Å²) < 4.78 is 0. The highest BCUT2D eigenvalue weighted by Gasteiger charge is 2.03. The molecule has 17 heavy (non-hydrogen) atoms. The third kappa shape index (κ3) is 6.29. The molecule has 1 aromatic rings. The second-order valence-electron chi connectivity index (χ2n) is 4.26. The van der Waals surface area contributed by atoms with Crippen LogP contribution in [0.4, 0.5) is 0 Å². The summed E-state index contributed by atoms with van der Waals surface area (Å²) in [6.45, 7) is 2.94. The summed E-state index contributed by atoms with van der Waals surface area (Å²) >= 11 is 5.82. The van der Waals surface area contributed by atoms with Gasteiger partial charge in [-0.2, -0.15) is 0 Å². The minimum Gasteiger partial charge on any atom is -0.370 e. The average molecular weight is 255 g/mol. The van der Waals surface area contributed by atoms with E-state index >= 15 is 0 Å². The highest BCUT2D eigenvalue weighted by Crippen LogP contribution is 2.10. The monoisotopic (exact) mass is 254 g/mol. The normalized spacial score (nSPS) is 12.4. The number of hydrogen-bond donors (Lipinski definition) is 2. The van der Waals surface area contributed by atoms with Crippen molar-refractivity contribution in [1.29, 1.82) is 0 Å². The van der Waals surface area contributed by atoms with Crippen LogP contribution in [0.3, 0.4) is 0 Å². The quantitative estimate of drug-likeness (QED) is 0.733. The zero-order valence-electron chi connectivity index (χ0n) is 10.1.